The van der Waals surface area contributed by atoms with Crippen molar-refractivity contribution in [3.63, 3.8) is 0 Å². The minimum atomic E-state index is -0.986. The first kappa shape index (κ1) is 17.4. The summed E-state index contributed by atoms with van der Waals surface area (Å²) in [6.45, 7) is 1.44. The third-order valence-electron chi connectivity index (χ3n) is 3.23. The normalized spacial score (nSPS) is 17.6. The van der Waals surface area contributed by atoms with Crippen LogP contribution in [-0.2, 0) is 14.3 Å². The van der Waals surface area contributed by atoms with Crippen molar-refractivity contribution >= 4 is 46.6 Å². The van der Waals surface area contributed by atoms with Gasteiger partial charge in [0.15, 0.2) is 0 Å². The molecule has 1 aliphatic heterocycles. The molecule has 1 atom stereocenters. The molecule has 1 aromatic carbocycles. The highest BCUT2D eigenvalue weighted by Gasteiger charge is 2.41. The molecule has 6 nitrogen and oxygen atoms in total. The summed E-state index contributed by atoms with van der Waals surface area (Å²) in [6.07, 6.45) is 1.51. The molecular weight excluding hydrogens is 342 g/mol. The third-order valence-corrected chi connectivity index (χ3v) is 4.35. The van der Waals surface area contributed by atoms with Crippen LogP contribution in [0.5, 0.6) is 5.75 Å². The monoisotopic (exact) mass is 355 g/mol. The lowest BCUT2D eigenvalue weighted by molar-refractivity contribution is -0.148. The average Bonchev–Trinajstić information content (AvgIpc) is 2.80. The van der Waals surface area contributed by atoms with Gasteiger partial charge in [-0.2, -0.15) is 0 Å². The maximum Gasteiger partial charge on any atom is 0.328 e. The Labute approximate surface area is 142 Å². The molecule has 0 aromatic heterocycles. The first-order valence-electron chi connectivity index (χ1n) is 6.57. The van der Waals surface area contributed by atoms with E-state index < -0.39 is 23.2 Å². The highest BCUT2D eigenvalue weighted by Crippen LogP contribution is 2.35. The first-order valence-corrected chi connectivity index (χ1v) is 7.77. The second-order valence-electron chi connectivity index (χ2n) is 4.64. The largest absolute Gasteiger partial charge is 0.496 e. The Morgan fingerprint density at radius 1 is 1.35 bits per heavy atom. The van der Waals surface area contributed by atoms with Gasteiger partial charge >= 0.3 is 5.97 Å². The van der Waals surface area contributed by atoms with Gasteiger partial charge in [0.1, 0.15) is 11.8 Å². The number of benzene rings is 1. The number of hydrogen-bond donors (Lipinski definition) is 0. The molecule has 2 rings (SSSR count). The predicted molar refractivity (Wildman–Crippen MR) is 87.3 cm³/mol. The van der Waals surface area contributed by atoms with Crippen molar-refractivity contribution < 1.29 is 23.9 Å². The molecule has 1 aliphatic rings. The number of carbonyl (C=O) groups is 3. The Balaban J connectivity index is 2.36. The van der Waals surface area contributed by atoms with Gasteiger partial charge in [0, 0.05) is 10.6 Å². The smallest absolute Gasteiger partial charge is 0.328 e. The van der Waals surface area contributed by atoms with Crippen LogP contribution in [0.15, 0.2) is 23.1 Å². The number of carbonyl (C=O) groups excluding carboxylic acids is 3. The molecule has 0 aliphatic carbocycles. The summed E-state index contributed by atoms with van der Waals surface area (Å²) < 4.78 is 9.78. The summed E-state index contributed by atoms with van der Waals surface area (Å²) in [4.78, 5) is 37.1. The lowest BCUT2D eigenvalue weighted by Crippen LogP contribution is -2.42. The van der Waals surface area contributed by atoms with Crippen molar-refractivity contribution in [2.75, 3.05) is 14.2 Å². The lowest BCUT2D eigenvalue weighted by Gasteiger charge is -2.18. The molecule has 1 heterocycles. The van der Waals surface area contributed by atoms with Crippen LogP contribution < -0.4 is 4.74 Å². The maximum absolute atomic E-state index is 12.4. The van der Waals surface area contributed by atoms with Crippen LogP contribution in [0.3, 0.4) is 0 Å². The number of thioether (sulfide) groups is 1. The summed E-state index contributed by atoms with van der Waals surface area (Å²) in [6, 6.07) is 3.95. The van der Waals surface area contributed by atoms with Crippen molar-refractivity contribution in [2.45, 2.75) is 13.0 Å². The molecule has 0 bridgehead atoms. The molecule has 122 valence electrons. The zero-order valence-electron chi connectivity index (χ0n) is 12.7. The van der Waals surface area contributed by atoms with Gasteiger partial charge in [0.25, 0.3) is 11.1 Å². The number of halogens is 1. The van der Waals surface area contributed by atoms with Crippen molar-refractivity contribution in [1.29, 1.82) is 0 Å². The highest BCUT2D eigenvalue weighted by atomic mass is 35.5. The summed E-state index contributed by atoms with van der Waals surface area (Å²) >= 11 is 6.70. The maximum atomic E-state index is 12.4. The Morgan fingerprint density at radius 2 is 2.04 bits per heavy atom. The van der Waals surface area contributed by atoms with Crippen LogP contribution in [0.1, 0.15) is 12.5 Å². The Hall–Kier alpha value is -1.99. The quantitative estimate of drug-likeness (QED) is 0.610. The van der Waals surface area contributed by atoms with Gasteiger partial charge in [-0.05, 0) is 43.0 Å². The third kappa shape index (κ3) is 3.51. The second-order valence-corrected chi connectivity index (χ2v) is 6.07. The van der Waals surface area contributed by atoms with Crippen LogP contribution in [0.25, 0.3) is 6.08 Å². The standard InChI is InChI=1S/C15H14ClNO5S/c1-8(14(19)22-3)17-13(18)12(23-15(17)20)7-9-6-10(16)4-5-11(9)21-2/h4-8H,1-3H3. The second kappa shape index (κ2) is 7.06. The molecule has 8 heteroatoms. The number of rotatable bonds is 4. The number of amides is 2. The zero-order valence-corrected chi connectivity index (χ0v) is 14.2. The number of methoxy groups -OCH3 is 2. The Bertz CT molecular complexity index is 703. The molecule has 2 amide bonds. The molecule has 1 saturated heterocycles. The van der Waals surface area contributed by atoms with Crippen LogP contribution in [0.4, 0.5) is 4.79 Å². The molecule has 0 N–H and O–H groups in total. The van der Waals surface area contributed by atoms with Crippen LogP contribution in [0, 0.1) is 0 Å². The minimum Gasteiger partial charge on any atom is -0.496 e. The fourth-order valence-corrected chi connectivity index (χ4v) is 3.13. The van der Waals surface area contributed by atoms with Gasteiger partial charge in [-0.3, -0.25) is 14.5 Å². The number of esters is 1. The van der Waals surface area contributed by atoms with E-state index in [0.29, 0.717) is 16.3 Å². The average molecular weight is 356 g/mol. The molecule has 1 fully saturated rings. The van der Waals surface area contributed by atoms with Crippen molar-refractivity contribution in [3.05, 3.63) is 33.7 Å². The van der Waals surface area contributed by atoms with Crippen LogP contribution >= 0.6 is 23.4 Å². The molecule has 0 saturated carbocycles. The molecule has 0 spiro atoms. The topological polar surface area (TPSA) is 72.9 Å². The summed E-state index contributed by atoms with van der Waals surface area (Å²) in [5.41, 5.74) is 0.566. The Kier molecular flexibility index (Phi) is 5.33. The van der Waals surface area contributed by atoms with Crippen molar-refractivity contribution in [2.24, 2.45) is 0 Å². The van der Waals surface area contributed by atoms with Crippen LogP contribution in [-0.4, -0.2) is 42.3 Å². The SMILES string of the molecule is COC(=O)C(C)N1C(=O)SC(=Cc2cc(Cl)ccc2OC)C1=O. The van der Waals surface area contributed by atoms with Gasteiger partial charge in [0.05, 0.1) is 19.1 Å². The predicted octanol–water partition coefficient (Wildman–Crippen LogP) is 2.95. The van der Waals surface area contributed by atoms with E-state index in [1.807, 2.05) is 0 Å². The van der Waals surface area contributed by atoms with E-state index in [1.165, 1.54) is 27.2 Å². The van der Waals surface area contributed by atoms with Gasteiger partial charge in [-0.15, -0.1) is 0 Å². The van der Waals surface area contributed by atoms with E-state index in [9.17, 15) is 14.4 Å². The molecule has 1 aromatic rings. The summed E-state index contributed by atoms with van der Waals surface area (Å²) in [5.74, 6) is -0.698. The van der Waals surface area contributed by atoms with E-state index in [1.54, 1.807) is 18.2 Å². The molecular formula is C15H14ClNO5S. The minimum absolute atomic E-state index is 0.186. The summed E-state index contributed by atoms with van der Waals surface area (Å²) in [7, 11) is 2.69. The number of hydrogen-bond acceptors (Lipinski definition) is 6. The van der Waals surface area contributed by atoms with Gasteiger partial charge in [0.2, 0.25) is 0 Å². The van der Waals surface area contributed by atoms with Gasteiger partial charge in [-0.25, -0.2) is 4.79 Å². The van der Waals surface area contributed by atoms with E-state index >= 15 is 0 Å². The number of ether oxygens (including phenoxy) is 2. The van der Waals surface area contributed by atoms with E-state index in [-0.39, 0.29) is 4.91 Å². The molecule has 0 radical (unpaired) electrons. The first-order chi connectivity index (χ1) is 10.9. The fourth-order valence-electron chi connectivity index (χ4n) is 2.05. The zero-order chi connectivity index (χ0) is 17.1. The van der Waals surface area contributed by atoms with Crippen molar-refractivity contribution in [1.82, 2.24) is 4.90 Å². The number of imide groups is 1. The van der Waals surface area contributed by atoms with Gasteiger partial charge < -0.3 is 9.47 Å². The molecule has 23 heavy (non-hydrogen) atoms. The fraction of sp³-hybridized carbons (Fsp3) is 0.267. The molecule has 1 unspecified atom stereocenters. The van der Waals surface area contributed by atoms with E-state index in [4.69, 9.17) is 16.3 Å². The van der Waals surface area contributed by atoms with Gasteiger partial charge in [-0.1, -0.05) is 11.6 Å². The van der Waals surface area contributed by atoms with Crippen LogP contribution in [0.2, 0.25) is 5.02 Å². The Morgan fingerprint density at radius 3 is 2.65 bits per heavy atom. The lowest BCUT2D eigenvalue weighted by atomic mass is 10.1. The number of nitrogens with zero attached hydrogens (tertiary/aromatic N) is 1. The van der Waals surface area contributed by atoms with E-state index in [0.717, 1.165) is 16.7 Å². The van der Waals surface area contributed by atoms with E-state index in [2.05, 4.69) is 4.74 Å². The highest BCUT2D eigenvalue weighted by molar-refractivity contribution is 8.18. The van der Waals surface area contributed by atoms with Crippen molar-refractivity contribution in [3.8, 4) is 5.75 Å². The summed E-state index contributed by atoms with van der Waals surface area (Å²) in [5, 5.41) is -0.0562.